The molecule has 1 fully saturated rings. The summed E-state index contributed by atoms with van der Waals surface area (Å²) in [5.74, 6) is -0.370. The lowest BCUT2D eigenvalue weighted by molar-refractivity contribution is 0.0178. The first-order chi connectivity index (χ1) is 11.6. The van der Waals surface area contributed by atoms with Crippen molar-refractivity contribution in [3.05, 3.63) is 58.3 Å². The summed E-state index contributed by atoms with van der Waals surface area (Å²) in [5, 5.41) is 0.439. The van der Waals surface area contributed by atoms with Gasteiger partial charge in [0.15, 0.2) is 0 Å². The number of aromatic nitrogens is 1. The van der Waals surface area contributed by atoms with Gasteiger partial charge in [0, 0.05) is 10.0 Å². The Hall–Kier alpha value is -1.99. The van der Waals surface area contributed by atoms with E-state index in [-0.39, 0.29) is 17.8 Å². The van der Waals surface area contributed by atoms with E-state index in [0.29, 0.717) is 29.4 Å². The number of carbonyl (C=O) groups excluding carboxylic acids is 1. The van der Waals surface area contributed by atoms with Gasteiger partial charge < -0.3 is 9.64 Å². The number of halogens is 2. The summed E-state index contributed by atoms with van der Waals surface area (Å²) in [6.45, 7) is 1.01. The molecule has 0 aliphatic carbocycles. The van der Waals surface area contributed by atoms with E-state index in [1.807, 2.05) is 18.2 Å². The molecule has 3 aromatic rings. The van der Waals surface area contributed by atoms with E-state index in [4.69, 9.17) is 4.74 Å². The Morgan fingerprint density at radius 3 is 2.83 bits per heavy atom. The van der Waals surface area contributed by atoms with Gasteiger partial charge >= 0.3 is 0 Å². The minimum Gasteiger partial charge on any atom is -0.463 e. The van der Waals surface area contributed by atoms with Crippen LogP contribution in [-0.2, 0) is 0 Å². The Labute approximate surface area is 150 Å². The van der Waals surface area contributed by atoms with Crippen LogP contribution in [0.2, 0.25) is 0 Å². The maximum absolute atomic E-state index is 13.7. The van der Waals surface area contributed by atoms with Crippen molar-refractivity contribution in [3.8, 4) is 5.19 Å². The molecule has 4 rings (SSSR count). The van der Waals surface area contributed by atoms with Crippen molar-refractivity contribution < 1.29 is 13.9 Å². The van der Waals surface area contributed by atoms with Crippen LogP contribution in [0.1, 0.15) is 10.4 Å². The van der Waals surface area contributed by atoms with E-state index in [1.54, 1.807) is 23.1 Å². The second-order valence-electron chi connectivity index (χ2n) is 5.53. The molecule has 0 radical (unpaired) electrons. The molecule has 122 valence electrons. The van der Waals surface area contributed by atoms with Gasteiger partial charge in [-0.25, -0.2) is 4.39 Å². The predicted molar refractivity (Wildman–Crippen MR) is 94.0 cm³/mol. The fraction of sp³-hybridized carbons (Fsp3) is 0.176. The van der Waals surface area contributed by atoms with Crippen LogP contribution in [-0.4, -0.2) is 35.0 Å². The fourth-order valence-corrected chi connectivity index (χ4v) is 3.87. The van der Waals surface area contributed by atoms with Crippen LogP contribution >= 0.6 is 27.3 Å². The Kier molecular flexibility index (Phi) is 3.97. The van der Waals surface area contributed by atoms with Gasteiger partial charge in [-0.15, -0.1) is 0 Å². The highest BCUT2D eigenvalue weighted by molar-refractivity contribution is 9.10. The molecule has 7 heteroatoms. The van der Waals surface area contributed by atoms with Crippen LogP contribution in [0, 0.1) is 5.82 Å². The standard InChI is InChI=1S/C17H12BrFN2O2S/c18-11-4-1-3-10(7-11)16(22)21-8-12(9-21)23-17-20-15-13(19)5-2-6-14(15)24-17/h1-7,12H,8-9H2. The number of hydrogen-bond donors (Lipinski definition) is 0. The molecule has 1 aromatic heterocycles. The van der Waals surface area contributed by atoms with Gasteiger partial charge in [0.25, 0.3) is 11.1 Å². The molecule has 0 N–H and O–H groups in total. The number of amides is 1. The zero-order valence-corrected chi connectivity index (χ0v) is 14.8. The number of hydrogen-bond acceptors (Lipinski definition) is 4. The molecule has 4 nitrogen and oxygen atoms in total. The number of para-hydroxylation sites is 1. The van der Waals surface area contributed by atoms with Crippen LogP contribution in [0.15, 0.2) is 46.9 Å². The molecule has 1 aliphatic rings. The van der Waals surface area contributed by atoms with Crippen molar-refractivity contribution in [2.45, 2.75) is 6.10 Å². The third-order valence-electron chi connectivity index (χ3n) is 3.82. The summed E-state index contributed by atoms with van der Waals surface area (Å²) in [7, 11) is 0. The highest BCUT2D eigenvalue weighted by atomic mass is 79.9. The maximum atomic E-state index is 13.7. The van der Waals surface area contributed by atoms with Crippen molar-refractivity contribution in [2.75, 3.05) is 13.1 Å². The van der Waals surface area contributed by atoms with E-state index in [0.717, 1.165) is 9.17 Å². The molecule has 1 aliphatic heterocycles. The topological polar surface area (TPSA) is 42.4 Å². The summed E-state index contributed by atoms with van der Waals surface area (Å²) in [4.78, 5) is 18.3. The lowest BCUT2D eigenvalue weighted by Crippen LogP contribution is -2.56. The lowest BCUT2D eigenvalue weighted by atomic mass is 10.1. The molecule has 0 bridgehead atoms. The number of thiazole rings is 1. The van der Waals surface area contributed by atoms with Gasteiger partial charge in [-0.05, 0) is 30.3 Å². The average molecular weight is 407 g/mol. The van der Waals surface area contributed by atoms with E-state index in [9.17, 15) is 9.18 Å². The van der Waals surface area contributed by atoms with Gasteiger partial charge in [0.05, 0.1) is 17.8 Å². The lowest BCUT2D eigenvalue weighted by Gasteiger charge is -2.38. The van der Waals surface area contributed by atoms with Crippen LogP contribution in [0.3, 0.4) is 0 Å². The summed E-state index contributed by atoms with van der Waals surface area (Å²) >= 11 is 4.68. The first-order valence-corrected chi connectivity index (χ1v) is 8.97. The van der Waals surface area contributed by atoms with Crippen LogP contribution in [0.25, 0.3) is 10.2 Å². The van der Waals surface area contributed by atoms with Crippen LogP contribution in [0.4, 0.5) is 4.39 Å². The van der Waals surface area contributed by atoms with E-state index >= 15 is 0 Å². The Morgan fingerprint density at radius 1 is 1.29 bits per heavy atom. The molecule has 1 saturated heterocycles. The number of rotatable bonds is 3. The van der Waals surface area contributed by atoms with Gasteiger partial charge in [-0.1, -0.05) is 39.4 Å². The zero-order chi connectivity index (χ0) is 16.7. The van der Waals surface area contributed by atoms with E-state index < -0.39 is 0 Å². The zero-order valence-electron chi connectivity index (χ0n) is 12.4. The van der Waals surface area contributed by atoms with Crippen molar-refractivity contribution in [2.24, 2.45) is 0 Å². The van der Waals surface area contributed by atoms with Gasteiger partial charge in [-0.2, -0.15) is 4.98 Å². The Balaban J connectivity index is 1.40. The second kappa shape index (κ2) is 6.14. The normalized spacial score (nSPS) is 14.7. The molecule has 0 atom stereocenters. The predicted octanol–water partition coefficient (Wildman–Crippen LogP) is 4.10. The van der Waals surface area contributed by atoms with Crippen molar-refractivity contribution in [1.29, 1.82) is 0 Å². The highest BCUT2D eigenvalue weighted by Crippen LogP contribution is 2.31. The molecular formula is C17H12BrFN2O2S. The number of benzene rings is 2. The molecular weight excluding hydrogens is 395 g/mol. The second-order valence-corrected chi connectivity index (χ2v) is 7.44. The first-order valence-electron chi connectivity index (χ1n) is 7.37. The number of nitrogens with zero attached hydrogens (tertiary/aromatic N) is 2. The SMILES string of the molecule is O=C(c1cccc(Br)c1)N1CC(Oc2nc3c(F)cccc3s2)C1. The van der Waals surface area contributed by atoms with Crippen molar-refractivity contribution in [3.63, 3.8) is 0 Å². The molecule has 0 saturated carbocycles. The van der Waals surface area contributed by atoms with Crippen molar-refractivity contribution >= 4 is 43.4 Å². The van der Waals surface area contributed by atoms with Gasteiger partial charge in [-0.3, -0.25) is 4.79 Å². The Morgan fingerprint density at radius 2 is 2.08 bits per heavy atom. The molecule has 1 amide bonds. The van der Waals surface area contributed by atoms with E-state index in [2.05, 4.69) is 20.9 Å². The summed E-state index contributed by atoms with van der Waals surface area (Å²) < 4.78 is 21.1. The number of likely N-dealkylation sites (tertiary alicyclic amines) is 1. The third-order valence-corrected chi connectivity index (χ3v) is 5.23. The molecule has 0 spiro atoms. The monoisotopic (exact) mass is 406 g/mol. The largest absolute Gasteiger partial charge is 0.463 e. The first kappa shape index (κ1) is 15.5. The third kappa shape index (κ3) is 2.89. The number of carbonyl (C=O) groups is 1. The molecule has 2 heterocycles. The minimum absolute atomic E-state index is 0.0218. The van der Waals surface area contributed by atoms with Crippen LogP contribution in [0.5, 0.6) is 5.19 Å². The number of fused-ring (bicyclic) bond motifs is 1. The van der Waals surface area contributed by atoms with Gasteiger partial charge in [0.1, 0.15) is 17.4 Å². The minimum atomic E-state index is -0.348. The average Bonchev–Trinajstić information content (AvgIpc) is 2.94. The summed E-state index contributed by atoms with van der Waals surface area (Å²) in [6, 6.07) is 12.2. The quantitative estimate of drug-likeness (QED) is 0.657. The molecule has 0 unspecified atom stereocenters. The maximum Gasteiger partial charge on any atom is 0.274 e. The molecule has 2 aromatic carbocycles. The molecule has 24 heavy (non-hydrogen) atoms. The Bertz CT molecular complexity index is 924. The van der Waals surface area contributed by atoms with Crippen molar-refractivity contribution in [1.82, 2.24) is 9.88 Å². The van der Waals surface area contributed by atoms with Crippen LogP contribution < -0.4 is 4.74 Å². The summed E-state index contributed by atoms with van der Waals surface area (Å²) in [6.07, 6.45) is -0.107. The fourth-order valence-electron chi connectivity index (χ4n) is 2.57. The number of ether oxygens (including phenoxy) is 1. The highest BCUT2D eigenvalue weighted by Gasteiger charge is 2.33. The van der Waals surface area contributed by atoms with Gasteiger partial charge in [0.2, 0.25) is 0 Å². The smallest absolute Gasteiger partial charge is 0.274 e. The van der Waals surface area contributed by atoms with E-state index in [1.165, 1.54) is 17.4 Å². The summed E-state index contributed by atoms with van der Waals surface area (Å²) in [5.41, 5.74) is 0.976.